The number of anilines is 2. The second kappa shape index (κ2) is 6.54. The van der Waals surface area contributed by atoms with Gasteiger partial charge in [0, 0.05) is 11.4 Å². The van der Waals surface area contributed by atoms with Crippen LogP contribution in [0.1, 0.15) is 11.1 Å². The van der Waals surface area contributed by atoms with E-state index in [-0.39, 0.29) is 11.4 Å². The molecule has 2 amide bonds. The molecule has 3 N–H and O–H groups in total. The van der Waals surface area contributed by atoms with Crippen LogP contribution in [0.4, 0.5) is 42.5 Å². The number of aromatic hydroxyl groups is 1. The van der Waals surface area contributed by atoms with Gasteiger partial charge in [0.1, 0.15) is 5.75 Å². The highest BCUT2D eigenvalue weighted by atomic mass is 19.4. The number of rotatable bonds is 2. The molecular formula is C15H10F6N2O2. The molecule has 4 nitrogen and oxygen atoms in total. The second-order valence-electron chi connectivity index (χ2n) is 4.88. The zero-order valence-corrected chi connectivity index (χ0v) is 12.2. The van der Waals surface area contributed by atoms with Crippen molar-refractivity contribution in [2.45, 2.75) is 12.4 Å². The first-order valence-corrected chi connectivity index (χ1v) is 6.62. The van der Waals surface area contributed by atoms with E-state index < -0.39 is 35.3 Å². The number of amides is 2. The average Bonchev–Trinajstić information content (AvgIpc) is 2.47. The van der Waals surface area contributed by atoms with Gasteiger partial charge in [-0.25, -0.2) is 4.79 Å². The van der Waals surface area contributed by atoms with Crippen LogP contribution in [0.15, 0.2) is 42.5 Å². The highest BCUT2D eigenvalue weighted by molar-refractivity contribution is 5.99. The molecular weight excluding hydrogens is 354 g/mol. The van der Waals surface area contributed by atoms with Gasteiger partial charge in [-0.05, 0) is 42.5 Å². The first kappa shape index (κ1) is 18.4. The molecule has 2 aromatic rings. The van der Waals surface area contributed by atoms with E-state index in [4.69, 9.17) is 0 Å². The van der Waals surface area contributed by atoms with Gasteiger partial charge in [0.25, 0.3) is 0 Å². The van der Waals surface area contributed by atoms with Crippen molar-refractivity contribution in [2.24, 2.45) is 0 Å². The molecule has 0 aliphatic carbocycles. The predicted molar refractivity (Wildman–Crippen MR) is 77.2 cm³/mol. The molecule has 0 unspecified atom stereocenters. The quantitative estimate of drug-likeness (QED) is 0.514. The lowest BCUT2D eigenvalue weighted by atomic mass is 10.1. The number of benzene rings is 2. The van der Waals surface area contributed by atoms with E-state index in [1.165, 1.54) is 0 Å². The Morgan fingerprint density at radius 3 is 1.84 bits per heavy atom. The van der Waals surface area contributed by atoms with Crippen molar-refractivity contribution >= 4 is 17.4 Å². The average molecular weight is 364 g/mol. The van der Waals surface area contributed by atoms with Gasteiger partial charge in [-0.1, -0.05) is 0 Å². The number of phenols is 1. The largest absolute Gasteiger partial charge is 0.507 e. The van der Waals surface area contributed by atoms with Crippen LogP contribution < -0.4 is 10.6 Å². The van der Waals surface area contributed by atoms with Crippen LogP contribution >= 0.6 is 0 Å². The van der Waals surface area contributed by atoms with Crippen LogP contribution in [0.3, 0.4) is 0 Å². The predicted octanol–water partition coefficient (Wildman–Crippen LogP) is 5.07. The van der Waals surface area contributed by atoms with Crippen molar-refractivity contribution in [3.63, 3.8) is 0 Å². The molecule has 134 valence electrons. The van der Waals surface area contributed by atoms with Gasteiger partial charge in [0.15, 0.2) is 0 Å². The highest BCUT2D eigenvalue weighted by Crippen LogP contribution is 2.37. The van der Waals surface area contributed by atoms with Crippen molar-refractivity contribution in [3.05, 3.63) is 53.6 Å². The van der Waals surface area contributed by atoms with Gasteiger partial charge in [-0.3, -0.25) is 0 Å². The molecule has 0 saturated carbocycles. The SMILES string of the molecule is O=C(Nc1ccc(C(F)(F)F)cc1)Nc1ccc(O)c(C(F)(F)F)c1. The molecule has 0 heterocycles. The number of halogens is 6. The van der Waals surface area contributed by atoms with E-state index in [2.05, 4.69) is 10.6 Å². The Hall–Kier alpha value is -2.91. The first-order valence-electron chi connectivity index (χ1n) is 6.62. The Morgan fingerprint density at radius 2 is 1.32 bits per heavy atom. The zero-order valence-electron chi connectivity index (χ0n) is 12.2. The summed E-state index contributed by atoms with van der Waals surface area (Å²) in [6, 6.07) is 4.87. The molecule has 0 spiro atoms. The molecule has 10 heteroatoms. The Morgan fingerprint density at radius 1 is 0.800 bits per heavy atom. The third-order valence-corrected chi connectivity index (χ3v) is 3.03. The second-order valence-corrected chi connectivity index (χ2v) is 4.88. The van der Waals surface area contributed by atoms with Gasteiger partial charge >= 0.3 is 18.4 Å². The lowest BCUT2D eigenvalue weighted by Crippen LogP contribution is -2.20. The van der Waals surface area contributed by atoms with Crippen LogP contribution in [0.25, 0.3) is 0 Å². The molecule has 0 saturated heterocycles. The Balaban J connectivity index is 2.08. The molecule has 0 fully saturated rings. The smallest absolute Gasteiger partial charge is 0.420 e. The third kappa shape index (κ3) is 4.78. The molecule has 25 heavy (non-hydrogen) atoms. The number of hydrogen-bond acceptors (Lipinski definition) is 2. The van der Waals surface area contributed by atoms with Gasteiger partial charge in [0.05, 0.1) is 11.1 Å². The Bertz CT molecular complexity index is 769. The molecule has 2 aromatic carbocycles. The summed E-state index contributed by atoms with van der Waals surface area (Å²) in [5.41, 5.74) is -2.48. The lowest BCUT2D eigenvalue weighted by Gasteiger charge is -2.12. The molecule has 0 aliphatic heterocycles. The first-order chi connectivity index (χ1) is 11.5. The van der Waals surface area contributed by atoms with Gasteiger partial charge in [-0.2, -0.15) is 26.3 Å². The number of phenolic OH excluding ortho intramolecular Hbond substituents is 1. The summed E-state index contributed by atoms with van der Waals surface area (Å²) in [7, 11) is 0. The highest BCUT2D eigenvalue weighted by Gasteiger charge is 2.34. The number of carbonyl (C=O) groups excluding carboxylic acids is 1. The standard InChI is InChI=1S/C15H10F6N2O2/c16-14(17,18)8-1-3-9(4-2-8)22-13(25)23-10-5-6-12(24)11(7-10)15(19,20)21/h1-7,24H,(H2,22,23,25). The fourth-order valence-electron chi connectivity index (χ4n) is 1.88. The number of hydrogen-bond donors (Lipinski definition) is 3. The van der Waals surface area contributed by atoms with Crippen molar-refractivity contribution in [1.29, 1.82) is 0 Å². The van der Waals surface area contributed by atoms with E-state index in [1.807, 2.05) is 0 Å². The lowest BCUT2D eigenvalue weighted by molar-refractivity contribution is -0.139. The maximum atomic E-state index is 12.7. The van der Waals surface area contributed by atoms with Crippen LogP contribution in [0.5, 0.6) is 5.75 Å². The molecule has 2 rings (SSSR count). The fraction of sp³-hybridized carbons (Fsp3) is 0.133. The molecule has 0 aliphatic rings. The summed E-state index contributed by atoms with van der Waals surface area (Å²) in [5.74, 6) is -0.999. The molecule has 0 aromatic heterocycles. The van der Waals surface area contributed by atoms with Crippen molar-refractivity contribution in [1.82, 2.24) is 0 Å². The minimum Gasteiger partial charge on any atom is -0.507 e. The number of nitrogens with one attached hydrogen (secondary N) is 2. The van der Waals surface area contributed by atoms with E-state index in [1.54, 1.807) is 0 Å². The topological polar surface area (TPSA) is 61.4 Å². The Labute approximate surface area is 137 Å². The van der Waals surface area contributed by atoms with Gasteiger partial charge in [0.2, 0.25) is 0 Å². The summed E-state index contributed by atoms with van der Waals surface area (Å²) in [6.07, 6.45) is -9.34. The maximum absolute atomic E-state index is 12.7. The monoisotopic (exact) mass is 364 g/mol. The summed E-state index contributed by atoms with van der Waals surface area (Å²) < 4.78 is 75.3. The minimum atomic E-state index is -4.81. The number of urea groups is 1. The third-order valence-electron chi connectivity index (χ3n) is 3.03. The summed E-state index contributed by atoms with van der Waals surface area (Å²) >= 11 is 0. The number of alkyl halides is 6. The minimum absolute atomic E-state index is 0.0142. The van der Waals surface area contributed by atoms with Crippen molar-refractivity contribution in [2.75, 3.05) is 10.6 Å². The van der Waals surface area contributed by atoms with Gasteiger partial charge in [-0.15, -0.1) is 0 Å². The van der Waals surface area contributed by atoms with E-state index in [0.29, 0.717) is 6.07 Å². The summed E-state index contributed by atoms with van der Waals surface area (Å²) in [5, 5.41) is 13.5. The van der Waals surface area contributed by atoms with Gasteiger partial charge < -0.3 is 15.7 Å². The molecule has 0 radical (unpaired) electrons. The van der Waals surface area contributed by atoms with Crippen LogP contribution in [-0.4, -0.2) is 11.1 Å². The fourth-order valence-corrected chi connectivity index (χ4v) is 1.88. The normalized spacial score (nSPS) is 11.9. The van der Waals surface area contributed by atoms with Crippen LogP contribution in [0, 0.1) is 0 Å². The summed E-state index contributed by atoms with van der Waals surface area (Å²) in [4.78, 5) is 11.7. The molecule has 0 atom stereocenters. The van der Waals surface area contributed by atoms with Crippen molar-refractivity contribution < 1.29 is 36.2 Å². The zero-order chi connectivity index (χ0) is 18.8. The van der Waals surface area contributed by atoms with E-state index in [9.17, 15) is 36.2 Å². The maximum Gasteiger partial charge on any atom is 0.420 e. The van der Waals surface area contributed by atoms with E-state index >= 15 is 0 Å². The van der Waals surface area contributed by atoms with Crippen molar-refractivity contribution in [3.8, 4) is 5.75 Å². The number of carbonyl (C=O) groups is 1. The van der Waals surface area contributed by atoms with Crippen LogP contribution in [0.2, 0.25) is 0 Å². The molecule has 0 bridgehead atoms. The Kier molecular flexibility index (Phi) is 4.82. The van der Waals surface area contributed by atoms with Crippen LogP contribution in [-0.2, 0) is 12.4 Å². The summed E-state index contributed by atoms with van der Waals surface area (Å²) in [6.45, 7) is 0. The van der Waals surface area contributed by atoms with E-state index in [0.717, 1.165) is 36.4 Å².